The summed E-state index contributed by atoms with van der Waals surface area (Å²) in [6.45, 7) is 0.756. The van der Waals surface area contributed by atoms with Crippen LogP contribution in [0.2, 0.25) is 0 Å². The zero-order valence-electron chi connectivity index (χ0n) is 13.6. The number of hydrogen-bond donors (Lipinski definition) is 1. The molecule has 0 unspecified atom stereocenters. The largest absolute Gasteiger partial charge is 0.418 e. The van der Waals surface area contributed by atoms with Crippen LogP contribution in [0.3, 0.4) is 0 Å². The molecule has 0 saturated carbocycles. The van der Waals surface area contributed by atoms with Crippen molar-refractivity contribution in [3.8, 4) is 11.8 Å². The Hall–Kier alpha value is -3.01. The normalized spacial score (nSPS) is 13.5. The Bertz CT molecular complexity index is 864. The molecular formula is C19H15F4N3. The Balaban J connectivity index is 2.00. The molecule has 2 aromatic rings. The lowest BCUT2D eigenvalue weighted by atomic mass is 10.1. The fourth-order valence-electron chi connectivity index (χ4n) is 2.59. The molecule has 0 aliphatic carbocycles. The summed E-state index contributed by atoms with van der Waals surface area (Å²) in [5.41, 5.74) is -0.913. The average Bonchev–Trinajstić information content (AvgIpc) is 3.13. The molecule has 0 aromatic heterocycles. The van der Waals surface area contributed by atoms with Crippen LogP contribution in [-0.2, 0) is 6.18 Å². The number of guanidine groups is 1. The molecule has 0 bridgehead atoms. The maximum absolute atomic E-state index is 14.4. The van der Waals surface area contributed by atoms with Gasteiger partial charge >= 0.3 is 6.18 Å². The molecule has 1 N–H and O–H groups in total. The lowest BCUT2D eigenvalue weighted by molar-refractivity contribution is -0.137. The third-order valence-electron chi connectivity index (χ3n) is 3.72. The van der Waals surface area contributed by atoms with E-state index in [1.54, 1.807) is 12.1 Å². The zero-order valence-corrected chi connectivity index (χ0v) is 13.6. The molecule has 1 aliphatic rings. The smallest absolute Gasteiger partial charge is 0.354 e. The van der Waals surface area contributed by atoms with Crippen molar-refractivity contribution < 1.29 is 17.6 Å². The highest BCUT2D eigenvalue weighted by molar-refractivity contribution is 5.98. The molecule has 0 amide bonds. The minimum absolute atomic E-state index is 0.134. The molecule has 3 rings (SSSR count). The van der Waals surface area contributed by atoms with E-state index < -0.39 is 23.2 Å². The number of hydrogen-bond acceptors (Lipinski definition) is 3. The topological polar surface area (TPSA) is 27.6 Å². The Morgan fingerprint density at radius 3 is 2.50 bits per heavy atom. The zero-order chi connectivity index (χ0) is 18.6. The highest BCUT2D eigenvalue weighted by Gasteiger charge is 2.37. The van der Waals surface area contributed by atoms with Gasteiger partial charge in [0, 0.05) is 12.1 Å². The summed E-state index contributed by atoms with van der Waals surface area (Å²) in [7, 11) is 0. The van der Waals surface area contributed by atoms with Crippen LogP contribution >= 0.6 is 0 Å². The van der Waals surface area contributed by atoms with Crippen molar-refractivity contribution in [3.05, 3.63) is 65.5 Å². The highest BCUT2D eigenvalue weighted by atomic mass is 19.4. The van der Waals surface area contributed by atoms with Crippen molar-refractivity contribution in [1.82, 2.24) is 5.32 Å². The molecule has 0 fully saturated rings. The minimum atomic E-state index is -4.69. The Kier molecular flexibility index (Phi) is 5.12. The van der Waals surface area contributed by atoms with Crippen LogP contribution in [0.1, 0.15) is 11.1 Å². The summed E-state index contributed by atoms with van der Waals surface area (Å²) >= 11 is 0. The first-order valence-electron chi connectivity index (χ1n) is 7.92. The van der Waals surface area contributed by atoms with E-state index in [4.69, 9.17) is 0 Å². The summed E-state index contributed by atoms with van der Waals surface area (Å²) in [6, 6.07) is 11.9. The van der Waals surface area contributed by atoms with Gasteiger partial charge in [0.15, 0.2) is 5.96 Å². The molecule has 0 radical (unpaired) electrons. The number of para-hydroxylation sites is 1. The molecule has 1 heterocycles. The number of alkyl halides is 3. The van der Waals surface area contributed by atoms with Gasteiger partial charge in [-0.25, -0.2) is 4.39 Å². The van der Waals surface area contributed by atoms with Crippen LogP contribution in [0, 0.1) is 17.7 Å². The monoisotopic (exact) mass is 361 g/mol. The molecule has 3 nitrogen and oxygen atoms in total. The van der Waals surface area contributed by atoms with Gasteiger partial charge in [-0.05, 0) is 24.3 Å². The average molecular weight is 361 g/mol. The van der Waals surface area contributed by atoms with Crippen molar-refractivity contribution in [3.63, 3.8) is 0 Å². The van der Waals surface area contributed by atoms with E-state index in [1.807, 2.05) is 18.2 Å². The molecule has 0 atom stereocenters. The standard InChI is InChI=1S/C19H15F4N3/c20-16-10-4-9-15(19(21,22)23)17(16)26(18-24-11-12-25-18)13-5-8-14-6-2-1-3-7-14/h1-4,6-7,9-10H,11-13H2,(H,24,25). The van der Waals surface area contributed by atoms with Crippen molar-refractivity contribution in [2.75, 3.05) is 24.5 Å². The van der Waals surface area contributed by atoms with Crippen LogP contribution in [0.4, 0.5) is 23.2 Å². The molecule has 0 spiro atoms. The quantitative estimate of drug-likeness (QED) is 0.653. The van der Waals surface area contributed by atoms with Gasteiger partial charge in [0.2, 0.25) is 0 Å². The number of benzene rings is 2. The first-order chi connectivity index (χ1) is 12.5. The summed E-state index contributed by atoms with van der Waals surface area (Å²) in [5.74, 6) is 4.88. The summed E-state index contributed by atoms with van der Waals surface area (Å²) in [4.78, 5) is 5.27. The van der Waals surface area contributed by atoms with Gasteiger partial charge in [0.25, 0.3) is 0 Å². The van der Waals surface area contributed by atoms with E-state index in [0.717, 1.165) is 28.7 Å². The number of rotatable bonds is 2. The molecular weight excluding hydrogens is 346 g/mol. The second kappa shape index (κ2) is 7.48. The second-order valence-electron chi connectivity index (χ2n) is 5.52. The SMILES string of the molecule is Fc1cccc(C(F)(F)F)c1N(CC#Cc1ccccc1)C1=NCCN1. The maximum Gasteiger partial charge on any atom is 0.418 e. The number of aliphatic imine (C=N–C) groups is 1. The van der Waals surface area contributed by atoms with Gasteiger partial charge in [-0.3, -0.25) is 9.89 Å². The van der Waals surface area contributed by atoms with Crippen LogP contribution in [0.5, 0.6) is 0 Å². The number of halogens is 4. The molecule has 26 heavy (non-hydrogen) atoms. The van der Waals surface area contributed by atoms with Crippen molar-refractivity contribution in [1.29, 1.82) is 0 Å². The van der Waals surface area contributed by atoms with E-state index in [9.17, 15) is 17.6 Å². The van der Waals surface area contributed by atoms with Crippen LogP contribution in [-0.4, -0.2) is 25.6 Å². The molecule has 7 heteroatoms. The Morgan fingerprint density at radius 1 is 1.08 bits per heavy atom. The second-order valence-corrected chi connectivity index (χ2v) is 5.52. The van der Waals surface area contributed by atoms with Gasteiger partial charge in [-0.2, -0.15) is 13.2 Å². The third kappa shape index (κ3) is 3.97. The fraction of sp³-hybridized carbons (Fsp3) is 0.211. The lowest BCUT2D eigenvalue weighted by Gasteiger charge is -2.26. The highest BCUT2D eigenvalue weighted by Crippen LogP contribution is 2.38. The Labute approximate surface area is 148 Å². The number of anilines is 1. The van der Waals surface area contributed by atoms with E-state index in [0.29, 0.717) is 13.1 Å². The summed E-state index contributed by atoms with van der Waals surface area (Å²) in [5, 5.41) is 2.88. The summed E-state index contributed by atoms with van der Waals surface area (Å²) in [6.07, 6.45) is -4.69. The molecule has 2 aromatic carbocycles. The summed E-state index contributed by atoms with van der Waals surface area (Å²) < 4.78 is 54.5. The first-order valence-corrected chi connectivity index (χ1v) is 7.92. The van der Waals surface area contributed by atoms with Gasteiger partial charge in [0.05, 0.1) is 24.3 Å². The van der Waals surface area contributed by atoms with Crippen molar-refractivity contribution in [2.24, 2.45) is 4.99 Å². The first kappa shape index (κ1) is 17.8. The van der Waals surface area contributed by atoms with E-state index in [1.165, 1.54) is 0 Å². The van der Waals surface area contributed by atoms with Crippen LogP contribution in [0.25, 0.3) is 0 Å². The van der Waals surface area contributed by atoms with Gasteiger partial charge in [0.1, 0.15) is 5.82 Å². The van der Waals surface area contributed by atoms with Gasteiger partial charge < -0.3 is 5.32 Å². The maximum atomic E-state index is 14.4. The van der Waals surface area contributed by atoms with Crippen LogP contribution in [0.15, 0.2) is 53.5 Å². The Morgan fingerprint density at radius 2 is 1.85 bits per heavy atom. The number of nitrogens with one attached hydrogen (secondary N) is 1. The van der Waals surface area contributed by atoms with E-state index in [2.05, 4.69) is 22.2 Å². The lowest BCUT2D eigenvalue weighted by Crippen LogP contribution is -2.40. The van der Waals surface area contributed by atoms with E-state index >= 15 is 0 Å². The van der Waals surface area contributed by atoms with Gasteiger partial charge in [-0.1, -0.05) is 36.1 Å². The number of nitrogens with zero attached hydrogens (tertiary/aromatic N) is 2. The molecule has 134 valence electrons. The van der Waals surface area contributed by atoms with Gasteiger partial charge in [-0.15, -0.1) is 0 Å². The van der Waals surface area contributed by atoms with Crippen LogP contribution < -0.4 is 10.2 Å². The minimum Gasteiger partial charge on any atom is -0.354 e. The molecule has 0 saturated heterocycles. The predicted molar refractivity (Wildman–Crippen MR) is 92.4 cm³/mol. The van der Waals surface area contributed by atoms with Crippen molar-refractivity contribution in [2.45, 2.75) is 6.18 Å². The fourth-order valence-corrected chi connectivity index (χ4v) is 2.59. The van der Waals surface area contributed by atoms with E-state index in [-0.39, 0.29) is 12.5 Å². The predicted octanol–water partition coefficient (Wildman–Crippen LogP) is 3.66. The third-order valence-corrected chi connectivity index (χ3v) is 3.72. The van der Waals surface area contributed by atoms with Crippen molar-refractivity contribution >= 4 is 11.6 Å². The molecule has 1 aliphatic heterocycles.